The van der Waals surface area contributed by atoms with Gasteiger partial charge < -0.3 is 10.2 Å². The van der Waals surface area contributed by atoms with Gasteiger partial charge in [-0.1, -0.05) is 52.0 Å². The molecule has 2 N–H and O–H groups in total. The molecule has 1 heterocycles. The zero-order valence-corrected chi connectivity index (χ0v) is 17.4. The van der Waals surface area contributed by atoms with Crippen molar-refractivity contribution in [3.05, 3.63) is 35.4 Å². The molecule has 3 amide bonds. The first-order valence-electron chi connectivity index (χ1n) is 10.2. The fourth-order valence-corrected chi connectivity index (χ4v) is 4.21. The average molecular weight is 373 g/mol. The summed E-state index contributed by atoms with van der Waals surface area (Å²) in [6.45, 7) is 10.0. The van der Waals surface area contributed by atoms with Gasteiger partial charge in [0.2, 0.25) is 0 Å². The molecule has 1 saturated heterocycles. The Morgan fingerprint density at radius 1 is 1.15 bits per heavy atom. The zero-order chi connectivity index (χ0) is 19.8. The third-order valence-corrected chi connectivity index (χ3v) is 6.13. The number of hydrogen-bond acceptors (Lipinski definition) is 2. The van der Waals surface area contributed by atoms with E-state index in [1.807, 2.05) is 7.05 Å². The number of imide groups is 1. The number of hydrogen-bond donors (Lipinski definition) is 2. The maximum atomic E-state index is 13.0. The molecule has 148 valence electrons. The molecule has 0 aromatic heterocycles. The quantitative estimate of drug-likeness (QED) is 0.798. The van der Waals surface area contributed by atoms with E-state index in [0.29, 0.717) is 12.6 Å². The van der Waals surface area contributed by atoms with Gasteiger partial charge in [0.1, 0.15) is 12.1 Å². The van der Waals surface area contributed by atoms with Crippen molar-refractivity contribution in [2.24, 2.45) is 5.92 Å². The van der Waals surface area contributed by atoms with Crippen LogP contribution >= 0.6 is 0 Å². The molecule has 2 aliphatic rings. The van der Waals surface area contributed by atoms with Crippen LogP contribution in [0.1, 0.15) is 64.5 Å². The minimum atomic E-state index is -0.641. The minimum absolute atomic E-state index is 0.0261. The first-order valence-corrected chi connectivity index (χ1v) is 10.2. The van der Waals surface area contributed by atoms with Gasteiger partial charge in [-0.15, -0.1) is 0 Å². The lowest BCUT2D eigenvalue weighted by atomic mass is 9.77. The Kier molecular flexibility index (Phi) is 5.35. The lowest BCUT2D eigenvalue weighted by molar-refractivity contribution is -0.901. The minimum Gasteiger partial charge on any atom is -0.323 e. The first-order chi connectivity index (χ1) is 12.6. The van der Waals surface area contributed by atoms with Crippen LogP contribution in [0.15, 0.2) is 24.3 Å². The number of nitrogens with zero attached hydrogens (tertiary/aromatic N) is 1. The lowest BCUT2D eigenvalue weighted by Gasteiger charge is -2.33. The Balaban J connectivity index is 1.61. The van der Waals surface area contributed by atoms with E-state index in [2.05, 4.69) is 57.3 Å². The summed E-state index contributed by atoms with van der Waals surface area (Å²) in [6, 6.07) is 8.43. The average Bonchev–Trinajstić information content (AvgIpc) is 2.82. The molecular weight excluding hydrogens is 338 g/mol. The van der Waals surface area contributed by atoms with E-state index in [4.69, 9.17) is 0 Å². The number of carbonyl (C=O) groups is 2. The van der Waals surface area contributed by atoms with Gasteiger partial charge in [-0.05, 0) is 42.6 Å². The molecule has 1 aromatic carbocycles. The second-order valence-corrected chi connectivity index (χ2v) is 9.67. The number of quaternary nitrogens is 1. The highest BCUT2D eigenvalue weighted by Crippen LogP contribution is 2.35. The molecule has 1 saturated carbocycles. The van der Waals surface area contributed by atoms with E-state index >= 15 is 0 Å². The van der Waals surface area contributed by atoms with E-state index < -0.39 is 5.54 Å². The third kappa shape index (κ3) is 4.18. The van der Waals surface area contributed by atoms with Crippen LogP contribution < -0.4 is 10.2 Å². The Morgan fingerprint density at radius 2 is 1.74 bits per heavy atom. The second kappa shape index (κ2) is 7.27. The number of urea groups is 1. The van der Waals surface area contributed by atoms with Crippen LogP contribution in [0, 0.1) is 5.92 Å². The van der Waals surface area contributed by atoms with Crippen LogP contribution in [0.2, 0.25) is 0 Å². The van der Waals surface area contributed by atoms with Crippen LogP contribution in [0.25, 0.3) is 0 Å². The van der Waals surface area contributed by atoms with Gasteiger partial charge >= 0.3 is 6.03 Å². The molecule has 27 heavy (non-hydrogen) atoms. The van der Waals surface area contributed by atoms with Crippen molar-refractivity contribution in [2.45, 2.75) is 70.9 Å². The summed E-state index contributed by atoms with van der Waals surface area (Å²) in [6.07, 6.45) is 3.54. The predicted molar refractivity (Wildman–Crippen MR) is 106 cm³/mol. The normalized spacial score (nSPS) is 27.1. The summed E-state index contributed by atoms with van der Waals surface area (Å²) in [5.41, 5.74) is 2.03. The number of nitrogens with one attached hydrogen (secondary N) is 2. The van der Waals surface area contributed by atoms with Crippen molar-refractivity contribution >= 4 is 11.9 Å². The molecule has 1 aliphatic heterocycles. The van der Waals surface area contributed by atoms with Crippen molar-refractivity contribution in [3.63, 3.8) is 0 Å². The van der Waals surface area contributed by atoms with Gasteiger partial charge in [-0.3, -0.25) is 4.79 Å². The van der Waals surface area contributed by atoms with E-state index in [-0.39, 0.29) is 17.4 Å². The van der Waals surface area contributed by atoms with Crippen molar-refractivity contribution < 1.29 is 14.5 Å². The number of carbonyl (C=O) groups excluding carboxylic acids is 2. The molecular formula is C22H34N3O2+. The molecule has 3 rings (SSSR count). The van der Waals surface area contributed by atoms with Crippen LogP contribution in [0.4, 0.5) is 4.79 Å². The summed E-state index contributed by atoms with van der Waals surface area (Å²) in [5, 5.41) is 3.01. The molecule has 2 fully saturated rings. The van der Waals surface area contributed by atoms with E-state index in [0.717, 1.165) is 37.1 Å². The van der Waals surface area contributed by atoms with Gasteiger partial charge in [0, 0.05) is 5.56 Å². The monoisotopic (exact) mass is 372 g/mol. The third-order valence-electron chi connectivity index (χ3n) is 6.13. The van der Waals surface area contributed by atoms with Crippen molar-refractivity contribution in [1.29, 1.82) is 0 Å². The predicted octanol–water partition coefficient (Wildman–Crippen LogP) is 2.46. The second-order valence-electron chi connectivity index (χ2n) is 9.67. The fourth-order valence-electron chi connectivity index (χ4n) is 4.21. The first kappa shape index (κ1) is 19.9. The summed E-state index contributed by atoms with van der Waals surface area (Å²) in [5.74, 6) is 0.612. The molecule has 0 radical (unpaired) electrons. The van der Waals surface area contributed by atoms with Crippen LogP contribution in [-0.2, 0) is 16.8 Å². The van der Waals surface area contributed by atoms with Crippen molar-refractivity contribution in [2.75, 3.05) is 13.7 Å². The SMILES string of the molecule is CC1CCC2(CC1)NC(=O)N(C[NH+](C)Cc1ccc(C(C)(C)C)cc1)C2=O. The molecule has 1 aromatic rings. The van der Waals surface area contributed by atoms with Crippen LogP contribution in [0.3, 0.4) is 0 Å². The Hall–Kier alpha value is -1.88. The summed E-state index contributed by atoms with van der Waals surface area (Å²) >= 11 is 0. The lowest BCUT2D eigenvalue weighted by Crippen LogP contribution is -3.09. The highest BCUT2D eigenvalue weighted by atomic mass is 16.2. The molecule has 1 unspecified atom stereocenters. The Morgan fingerprint density at radius 3 is 2.30 bits per heavy atom. The standard InChI is InChI=1S/C22H33N3O2/c1-16-10-12-22(13-11-16)19(26)25(20(27)23-22)15-24(5)14-17-6-8-18(9-7-17)21(2,3)4/h6-9,16H,10-15H2,1-5H3,(H,23,27)/p+1. The molecule has 0 bridgehead atoms. The van der Waals surface area contributed by atoms with E-state index in [9.17, 15) is 9.59 Å². The highest BCUT2D eigenvalue weighted by molar-refractivity contribution is 6.06. The summed E-state index contributed by atoms with van der Waals surface area (Å²) in [7, 11) is 2.03. The van der Waals surface area contributed by atoms with Gasteiger partial charge in [-0.2, -0.15) is 0 Å². The Bertz CT molecular complexity index is 697. The summed E-state index contributed by atoms with van der Waals surface area (Å²) < 4.78 is 0. The van der Waals surface area contributed by atoms with Crippen LogP contribution in [0.5, 0.6) is 0 Å². The summed E-state index contributed by atoms with van der Waals surface area (Å²) in [4.78, 5) is 28.0. The number of amides is 3. The largest absolute Gasteiger partial charge is 0.329 e. The van der Waals surface area contributed by atoms with Crippen LogP contribution in [-0.4, -0.2) is 36.1 Å². The van der Waals surface area contributed by atoms with Gasteiger partial charge in [0.25, 0.3) is 5.91 Å². The number of rotatable bonds is 4. The smallest absolute Gasteiger partial charge is 0.323 e. The Labute approximate surface area is 163 Å². The van der Waals surface area contributed by atoms with E-state index in [1.54, 1.807) is 0 Å². The van der Waals surface area contributed by atoms with E-state index in [1.165, 1.54) is 16.0 Å². The fraction of sp³-hybridized carbons (Fsp3) is 0.636. The highest BCUT2D eigenvalue weighted by Gasteiger charge is 2.52. The topological polar surface area (TPSA) is 53.9 Å². The molecule has 1 aliphatic carbocycles. The van der Waals surface area contributed by atoms with Gasteiger partial charge in [0.15, 0.2) is 6.67 Å². The van der Waals surface area contributed by atoms with Crippen molar-refractivity contribution in [3.8, 4) is 0 Å². The van der Waals surface area contributed by atoms with Gasteiger partial charge in [0.05, 0.1) is 7.05 Å². The molecule has 1 atom stereocenters. The zero-order valence-electron chi connectivity index (χ0n) is 17.4. The molecule has 1 spiro atoms. The number of benzene rings is 1. The maximum absolute atomic E-state index is 13.0. The maximum Gasteiger partial charge on any atom is 0.329 e. The van der Waals surface area contributed by atoms with Crippen molar-refractivity contribution in [1.82, 2.24) is 10.2 Å². The van der Waals surface area contributed by atoms with Gasteiger partial charge in [-0.25, -0.2) is 9.69 Å². The molecule has 5 nitrogen and oxygen atoms in total. The molecule has 5 heteroatoms.